The van der Waals surface area contributed by atoms with E-state index >= 15 is 0 Å². The highest BCUT2D eigenvalue weighted by molar-refractivity contribution is 6.04. The van der Waals surface area contributed by atoms with E-state index < -0.39 is 0 Å². The Balaban J connectivity index is 2.15. The van der Waals surface area contributed by atoms with Gasteiger partial charge < -0.3 is 10.2 Å². The van der Waals surface area contributed by atoms with Crippen LogP contribution in [0.1, 0.15) is 17.4 Å². The summed E-state index contributed by atoms with van der Waals surface area (Å²) in [4.78, 5) is 21.8. The minimum atomic E-state index is -0.343. The summed E-state index contributed by atoms with van der Waals surface area (Å²) in [5.74, 6) is -0.0231. The molecule has 0 bridgehead atoms. The van der Waals surface area contributed by atoms with Gasteiger partial charge in [-0.2, -0.15) is 0 Å². The lowest BCUT2D eigenvalue weighted by molar-refractivity contribution is 0.0988. The number of benzene rings is 1. The van der Waals surface area contributed by atoms with Gasteiger partial charge in [0.1, 0.15) is 17.3 Å². The summed E-state index contributed by atoms with van der Waals surface area (Å²) in [5.41, 5.74) is 0.826. The van der Waals surface area contributed by atoms with Crippen molar-refractivity contribution < 1.29 is 9.18 Å². The van der Waals surface area contributed by atoms with Gasteiger partial charge in [0.05, 0.1) is 12.4 Å². The van der Waals surface area contributed by atoms with Crippen LogP contribution in [0.5, 0.6) is 0 Å². The lowest BCUT2D eigenvalue weighted by Gasteiger charge is -2.16. The Morgan fingerprint density at radius 3 is 2.50 bits per heavy atom. The highest BCUT2D eigenvalue weighted by Gasteiger charge is 2.15. The number of carbonyl (C=O) groups excluding carboxylic acids is 1. The second-order valence-electron chi connectivity index (χ2n) is 4.16. The first-order chi connectivity index (χ1) is 9.61. The highest BCUT2D eigenvalue weighted by atomic mass is 19.1. The van der Waals surface area contributed by atoms with Gasteiger partial charge in [-0.05, 0) is 31.2 Å². The molecule has 0 atom stereocenters. The summed E-state index contributed by atoms with van der Waals surface area (Å²) in [7, 11) is 1.61. The predicted molar refractivity (Wildman–Crippen MR) is 75.3 cm³/mol. The molecule has 1 heterocycles. The number of hydrogen-bond donors (Lipinski definition) is 1. The first-order valence-electron chi connectivity index (χ1n) is 6.21. The molecule has 0 saturated carbocycles. The van der Waals surface area contributed by atoms with Crippen molar-refractivity contribution >= 4 is 17.4 Å². The molecule has 1 aromatic carbocycles. The zero-order valence-electron chi connectivity index (χ0n) is 11.3. The molecule has 0 spiro atoms. The third-order valence-electron chi connectivity index (χ3n) is 2.75. The van der Waals surface area contributed by atoms with Gasteiger partial charge in [0, 0.05) is 19.3 Å². The molecule has 0 aliphatic heterocycles. The fraction of sp³-hybridized carbons (Fsp3) is 0.214. The molecule has 0 aliphatic carbocycles. The van der Waals surface area contributed by atoms with Crippen LogP contribution in [0.15, 0.2) is 36.7 Å². The molecule has 0 radical (unpaired) electrons. The van der Waals surface area contributed by atoms with Crippen LogP contribution in [0.25, 0.3) is 0 Å². The Bertz CT molecular complexity index is 583. The van der Waals surface area contributed by atoms with Crippen LogP contribution in [0.2, 0.25) is 0 Å². The zero-order chi connectivity index (χ0) is 14.5. The summed E-state index contributed by atoms with van der Waals surface area (Å²) in [5, 5.41) is 3.00. The molecule has 104 valence electrons. The van der Waals surface area contributed by atoms with Crippen molar-refractivity contribution in [3.8, 4) is 0 Å². The number of carbonyl (C=O) groups is 1. The number of nitrogens with zero attached hydrogens (tertiary/aromatic N) is 3. The summed E-state index contributed by atoms with van der Waals surface area (Å²) in [6.45, 7) is 2.68. The average molecular weight is 274 g/mol. The van der Waals surface area contributed by atoms with Crippen LogP contribution < -0.4 is 10.2 Å². The van der Waals surface area contributed by atoms with Crippen LogP contribution in [0.3, 0.4) is 0 Å². The van der Waals surface area contributed by atoms with E-state index in [4.69, 9.17) is 0 Å². The summed E-state index contributed by atoms with van der Waals surface area (Å²) in [6.07, 6.45) is 2.93. The first-order valence-corrected chi connectivity index (χ1v) is 6.21. The minimum Gasteiger partial charge on any atom is -0.369 e. The third-order valence-corrected chi connectivity index (χ3v) is 2.75. The lowest BCUT2D eigenvalue weighted by atomic mass is 10.2. The smallest absolute Gasteiger partial charge is 0.278 e. The fourth-order valence-electron chi connectivity index (χ4n) is 1.66. The molecular formula is C14H15FN4O. The van der Waals surface area contributed by atoms with E-state index in [2.05, 4.69) is 15.3 Å². The quantitative estimate of drug-likeness (QED) is 0.929. The van der Waals surface area contributed by atoms with Crippen LogP contribution in [-0.2, 0) is 0 Å². The van der Waals surface area contributed by atoms with Crippen LogP contribution in [-0.4, -0.2) is 29.5 Å². The Morgan fingerprint density at radius 2 is 1.95 bits per heavy atom. The number of anilines is 2. The lowest BCUT2D eigenvalue weighted by Crippen LogP contribution is -2.27. The molecule has 1 N–H and O–H groups in total. The van der Waals surface area contributed by atoms with Crippen LogP contribution in [0.4, 0.5) is 15.9 Å². The Morgan fingerprint density at radius 1 is 1.25 bits per heavy atom. The summed E-state index contributed by atoms with van der Waals surface area (Å²) < 4.78 is 12.9. The van der Waals surface area contributed by atoms with Gasteiger partial charge in [0.15, 0.2) is 0 Å². The minimum absolute atomic E-state index is 0.235. The Hall–Kier alpha value is -2.50. The standard InChI is InChI=1S/C14H15FN4O/c1-3-16-13-9-17-12(8-18-13)14(20)19(2)11-6-4-10(15)5-7-11/h4-9H,3H2,1-2H3,(H,16,18). The Labute approximate surface area is 116 Å². The first kappa shape index (κ1) is 13.9. The van der Waals surface area contributed by atoms with Crippen molar-refractivity contribution in [2.24, 2.45) is 0 Å². The van der Waals surface area contributed by atoms with Gasteiger partial charge in [-0.3, -0.25) is 4.79 Å². The van der Waals surface area contributed by atoms with E-state index in [0.29, 0.717) is 11.5 Å². The number of hydrogen-bond acceptors (Lipinski definition) is 4. The van der Waals surface area contributed by atoms with E-state index in [-0.39, 0.29) is 17.4 Å². The largest absolute Gasteiger partial charge is 0.369 e. The van der Waals surface area contributed by atoms with Gasteiger partial charge in [0.25, 0.3) is 5.91 Å². The normalized spacial score (nSPS) is 10.2. The van der Waals surface area contributed by atoms with Gasteiger partial charge in [-0.1, -0.05) is 0 Å². The maximum absolute atomic E-state index is 12.9. The second-order valence-corrected chi connectivity index (χ2v) is 4.16. The van der Waals surface area contributed by atoms with E-state index in [1.54, 1.807) is 7.05 Å². The van der Waals surface area contributed by atoms with Gasteiger partial charge in [0.2, 0.25) is 0 Å². The molecule has 1 aromatic heterocycles. The second kappa shape index (κ2) is 6.10. The highest BCUT2D eigenvalue weighted by Crippen LogP contribution is 2.15. The van der Waals surface area contributed by atoms with Crippen molar-refractivity contribution in [1.82, 2.24) is 9.97 Å². The molecule has 5 nitrogen and oxygen atoms in total. The molecule has 0 saturated heterocycles. The van der Waals surface area contributed by atoms with Crippen LogP contribution in [0, 0.1) is 5.82 Å². The molecule has 0 unspecified atom stereocenters. The van der Waals surface area contributed by atoms with E-state index in [1.165, 1.54) is 41.6 Å². The zero-order valence-corrected chi connectivity index (χ0v) is 11.3. The summed E-state index contributed by atoms with van der Waals surface area (Å²) in [6, 6.07) is 5.68. The van der Waals surface area contributed by atoms with Crippen molar-refractivity contribution in [3.05, 3.63) is 48.2 Å². The van der Waals surface area contributed by atoms with Gasteiger partial charge in [-0.25, -0.2) is 14.4 Å². The number of amides is 1. The predicted octanol–water partition coefficient (Wildman–Crippen LogP) is 2.32. The number of aromatic nitrogens is 2. The molecule has 1 amide bonds. The molecule has 0 aliphatic rings. The third kappa shape index (κ3) is 3.09. The van der Waals surface area contributed by atoms with Crippen molar-refractivity contribution in [2.75, 3.05) is 23.8 Å². The van der Waals surface area contributed by atoms with E-state index in [0.717, 1.165) is 6.54 Å². The monoisotopic (exact) mass is 274 g/mol. The maximum Gasteiger partial charge on any atom is 0.278 e. The number of halogens is 1. The molecule has 2 aromatic rings. The topological polar surface area (TPSA) is 58.1 Å². The van der Waals surface area contributed by atoms with Crippen molar-refractivity contribution in [1.29, 1.82) is 0 Å². The van der Waals surface area contributed by atoms with E-state index in [9.17, 15) is 9.18 Å². The van der Waals surface area contributed by atoms with Gasteiger partial charge in [-0.15, -0.1) is 0 Å². The Kier molecular flexibility index (Phi) is 4.24. The summed E-state index contributed by atoms with van der Waals surface area (Å²) >= 11 is 0. The average Bonchev–Trinajstić information content (AvgIpc) is 2.48. The number of rotatable bonds is 4. The van der Waals surface area contributed by atoms with Gasteiger partial charge >= 0.3 is 0 Å². The maximum atomic E-state index is 12.9. The number of nitrogens with one attached hydrogen (secondary N) is 1. The molecule has 0 fully saturated rings. The van der Waals surface area contributed by atoms with Crippen LogP contribution >= 0.6 is 0 Å². The van der Waals surface area contributed by atoms with Crippen molar-refractivity contribution in [3.63, 3.8) is 0 Å². The van der Waals surface area contributed by atoms with Crippen molar-refractivity contribution in [2.45, 2.75) is 6.92 Å². The van der Waals surface area contributed by atoms with E-state index in [1.807, 2.05) is 6.92 Å². The molecular weight excluding hydrogens is 259 g/mol. The molecule has 20 heavy (non-hydrogen) atoms. The SMILES string of the molecule is CCNc1cnc(C(=O)N(C)c2ccc(F)cc2)cn1. The fourth-order valence-corrected chi connectivity index (χ4v) is 1.66. The molecule has 6 heteroatoms. The molecule has 2 rings (SSSR count).